The Bertz CT molecular complexity index is 464. The fourth-order valence-corrected chi connectivity index (χ4v) is 1.75. The second-order valence-corrected chi connectivity index (χ2v) is 3.80. The molecule has 0 unspecified atom stereocenters. The minimum Gasteiger partial charge on any atom is -0.475 e. The summed E-state index contributed by atoms with van der Waals surface area (Å²) in [4.78, 5) is 6.48. The molecule has 2 aromatic rings. The molecule has 2 aromatic heterocycles. The molecule has 5 heteroatoms. The van der Waals surface area contributed by atoms with Gasteiger partial charge in [-0.2, -0.15) is 0 Å². The van der Waals surface area contributed by atoms with Gasteiger partial charge >= 0.3 is 0 Å². The average molecular weight is 234 g/mol. The molecule has 0 fully saturated rings. The van der Waals surface area contributed by atoms with Crippen molar-refractivity contribution in [3.05, 3.63) is 18.3 Å². The van der Waals surface area contributed by atoms with Crippen LogP contribution in [-0.4, -0.2) is 46.3 Å². The molecule has 2 rings (SSSR count). The van der Waals surface area contributed by atoms with Crippen molar-refractivity contribution in [3.8, 4) is 5.88 Å². The van der Waals surface area contributed by atoms with Crippen molar-refractivity contribution < 1.29 is 4.74 Å². The van der Waals surface area contributed by atoms with Crippen LogP contribution in [0.5, 0.6) is 5.88 Å². The van der Waals surface area contributed by atoms with Crippen LogP contribution < -0.4 is 4.74 Å². The number of aromatic amines is 1. The highest BCUT2D eigenvalue weighted by Crippen LogP contribution is 2.19. The van der Waals surface area contributed by atoms with Crippen LogP contribution in [0.1, 0.15) is 13.8 Å². The van der Waals surface area contributed by atoms with Gasteiger partial charge in [-0.25, -0.2) is 4.98 Å². The van der Waals surface area contributed by atoms with Crippen LogP contribution in [0.3, 0.4) is 0 Å². The van der Waals surface area contributed by atoms with Crippen molar-refractivity contribution in [2.45, 2.75) is 13.8 Å². The number of ether oxygens (including phenoxy) is 1. The molecular formula is C12H18N4O. The molecule has 0 bridgehead atoms. The number of nitrogens with zero attached hydrogens (tertiary/aromatic N) is 3. The first-order chi connectivity index (χ1) is 8.35. The molecule has 92 valence electrons. The molecule has 0 saturated heterocycles. The third-order valence-electron chi connectivity index (χ3n) is 2.84. The van der Waals surface area contributed by atoms with Crippen molar-refractivity contribution in [2.24, 2.45) is 0 Å². The van der Waals surface area contributed by atoms with Crippen LogP contribution in [0.25, 0.3) is 11.0 Å². The van der Waals surface area contributed by atoms with E-state index in [0.29, 0.717) is 12.5 Å². The van der Waals surface area contributed by atoms with E-state index < -0.39 is 0 Å². The molecule has 2 heterocycles. The molecule has 0 aliphatic carbocycles. The summed E-state index contributed by atoms with van der Waals surface area (Å²) in [5.41, 5.74) is 0.769. The van der Waals surface area contributed by atoms with Crippen LogP contribution in [0.15, 0.2) is 18.3 Å². The molecule has 0 aromatic carbocycles. The third kappa shape index (κ3) is 2.74. The molecule has 0 spiro atoms. The summed E-state index contributed by atoms with van der Waals surface area (Å²) in [6, 6.07) is 3.84. The summed E-state index contributed by atoms with van der Waals surface area (Å²) in [6.07, 6.45) is 1.74. The lowest BCUT2D eigenvalue weighted by molar-refractivity contribution is 0.219. The van der Waals surface area contributed by atoms with Crippen molar-refractivity contribution in [2.75, 3.05) is 26.2 Å². The number of likely N-dealkylation sites (N-methyl/N-ethyl adjacent to an activating group) is 1. The van der Waals surface area contributed by atoms with E-state index in [1.54, 1.807) is 6.20 Å². The second-order valence-electron chi connectivity index (χ2n) is 3.80. The lowest BCUT2D eigenvalue weighted by Gasteiger charge is -2.17. The smallest absolute Gasteiger partial charge is 0.242 e. The van der Waals surface area contributed by atoms with E-state index in [-0.39, 0.29) is 0 Å². The first-order valence-corrected chi connectivity index (χ1v) is 5.99. The molecule has 0 atom stereocenters. The summed E-state index contributed by atoms with van der Waals surface area (Å²) in [7, 11) is 0. The van der Waals surface area contributed by atoms with Gasteiger partial charge in [-0.05, 0) is 25.2 Å². The van der Waals surface area contributed by atoms with Gasteiger partial charge in [0.1, 0.15) is 6.61 Å². The molecule has 5 nitrogen and oxygen atoms in total. The first kappa shape index (κ1) is 11.9. The summed E-state index contributed by atoms with van der Waals surface area (Å²) in [5.74, 6) is 0.639. The minimum absolute atomic E-state index is 0.639. The van der Waals surface area contributed by atoms with Crippen molar-refractivity contribution >= 4 is 11.0 Å². The topological polar surface area (TPSA) is 54.0 Å². The Morgan fingerprint density at radius 2 is 2.18 bits per heavy atom. The van der Waals surface area contributed by atoms with E-state index >= 15 is 0 Å². The van der Waals surface area contributed by atoms with Crippen LogP contribution in [0, 0.1) is 0 Å². The highest BCUT2D eigenvalue weighted by molar-refractivity contribution is 5.80. The van der Waals surface area contributed by atoms with Gasteiger partial charge in [-0.1, -0.05) is 13.8 Å². The Morgan fingerprint density at radius 1 is 1.35 bits per heavy atom. The number of aromatic nitrogens is 3. The van der Waals surface area contributed by atoms with Gasteiger partial charge in [0.25, 0.3) is 0 Å². The highest BCUT2D eigenvalue weighted by atomic mass is 16.5. The maximum absolute atomic E-state index is 5.67. The first-order valence-electron chi connectivity index (χ1n) is 5.99. The van der Waals surface area contributed by atoms with Crippen LogP contribution in [0.2, 0.25) is 0 Å². The van der Waals surface area contributed by atoms with Crippen molar-refractivity contribution in [3.63, 3.8) is 0 Å². The fourth-order valence-electron chi connectivity index (χ4n) is 1.75. The van der Waals surface area contributed by atoms with Crippen LogP contribution in [-0.2, 0) is 0 Å². The van der Waals surface area contributed by atoms with Gasteiger partial charge in [0.2, 0.25) is 5.88 Å². The second kappa shape index (κ2) is 5.63. The lowest BCUT2D eigenvalue weighted by atomic mass is 10.3. The van der Waals surface area contributed by atoms with Gasteiger partial charge in [0.05, 0.1) is 5.39 Å². The number of fused-ring (bicyclic) bond motifs is 1. The monoisotopic (exact) mass is 234 g/mol. The number of H-pyrrole nitrogens is 1. The van der Waals surface area contributed by atoms with E-state index in [9.17, 15) is 0 Å². The number of pyridine rings is 1. The largest absolute Gasteiger partial charge is 0.475 e. The number of nitrogens with one attached hydrogen (secondary N) is 1. The zero-order valence-electron chi connectivity index (χ0n) is 10.3. The Balaban J connectivity index is 1.95. The van der Waals surface area contributed by atoms with E-state index in [0.717, 1.165) is 30.7 Å². The summed E-state index contributed by atoms with van der Waals surface area (Å²) < 4.78 is 5.67. The van der Waals surface area contributed by atoms with Gasteiger partial charge in [-0.3, -0.25) is 5.10 Å². The van der Waals surface area contributed by atoms with E-state index in [4.69, 9.17) is 4.74 Å². The minimum atomic E-state index is 0.639. The van der Waals surface area contributed by atoms with E-state index in [2.05, 4.69) is 33.9 Å². The molecule has 0 radical (unpaired) electrons. The quantitative estimate of drug-likeness (QED) is 0.826. The van der Waals surface area contributed by atoms with E-state index in [1.165, 1.54) is 0 Å². The number of rotatable bonds is 6. The van der Waals surface area contributed by atoms with Gasteiger partial charge in [0, 0.05) is 12.7 Å². The SMILES string of the molecule is CCN(CC)CCOc1n[nH]c2ncccc12. The molecule has 0 saturated carbocycles. The summed E-state index contributed by atoms with van der Waals surface area (Å²) in [5, 5.41) is 7.91. The van der Waals surface area contributed by atoms with E-state index in [1.807, 2.05) is 12.1 Å². The zero-order chi connectivity index (χ0) is 12.1. The van der Waals surface area contributed by atoms with Gasteiger partial charge < -0.3 is 9.64 Å². The van der Waals surface area contributed by atoms with Crippen molar-refractivity contribution in [1.29, 1.82) is 0 Å². The molecule has 0 aliphatic heterocycles. The molecular weight excluding hydrogens is 216 g/mol. The zero-order valence-corrected chi connectivity index (χ0v) is 10.3. The Labute approximate surface area is 101 Å². The highest BCUT2D eigenvalue weighted by Gasteiger charge is 2.07. The maximum atomic E-state index is 5.67. The summed E-state index contributed by atoms with van der Waals surface area (Å²) >= 11 is 0. The molecule has 0 amide bonds. The van der Waals surface area contributed by atoms with Crippen molar-refractivity contribution in [1.82, 2.24) is 20.1 Å². The van der Waals surface area contributed by atoms with Crippen LogP contribution >= 0.6 is 0 Å². The van der Waals surface area contributed by atoms with Crippen LogP contribution in [0.4, 0.5) is 0 Å². The predicted molar refractivity (Wildman–Crippen MR) is 67.2 cm³/mol. The van der Waals surface area contributed by atoms with Gasteiger partial charge in [0.15, 0.2) is 5.65 Å². The third-order valence-corrected chi connectivity index (χ3v) is 2.84. The molecule has 1 N–H and O–H groups in total. The summed E-state index contributed by atoms with van der Waals surface area (Å²) in [6.45, 7) is 7.96. The standard InChI is InChI=1S/C12H18N4O/c1-3-16(4-2)8-9-17-12-10-6-5-7-13-11(10)14-15-12/h5-7H,3-4,8-9H2,1-2H3,(H,13,14,15). The molecule has 0 aliphatic rings. The number of hydrogen-bond donors (Lipinski definition) is 1. The Kier molecular flexibility index (Phi) is 3.93. The fraction of sp³-hybridized carbons (Fsp3) is 0.500. The Morgan fingerprint density at radius 3 is 2.94 bits per heavy atom. The average Bonchev–Trinajstić information content (AvgIpc) is 2.78. The molecule has 17 heavy (non-hydrogen) atoms. The lowest BCUT2D eigenvalue weighted by Crippen LogP contribution is -2.27. The maximum Gasteiger partial charge on any atom is 0.242 e. The number of hydrogen-bond acceptors (Lipinski definition) is 4. The normalized spacial score (nSPS) is 11.2. The van der Waals surface area contributed by atoms with Gasteiger partial charge in [-0.15, -0.1) is 5.10 Å². The Hall–Kier alpha value is -1.62. The predicted octanol–water partition coefficient (Wildman–Crippen LogP) is 1.68.